The number of halogens is 3. The number of esters is 1. The van der Waals surface area contributed by atoms with E-state index >= 15 is 0 Å². The topological polar surface area (TPSA) is 159 Å². The maximum absolute atomic E-state index is 14.9. The van der Waals surface area contributed by atoms with E-state index in [0.717, 1.165) is 78.1 Å². The Morgan fingerprint density at radius 2 is 1.90 bits per heavy atom. The van der Waals surface area contributed by atoms with Gasteiger partial charge in [-0.2, -0.15) is 0 Å². The average molecular weight is 1150 g/mol. The molecule has 7 heterocycles. The van der Waals surface area contributed by atoms with Crippen LogP contribution in [-0.4, -0.2) is 125 Å². The molecule has 1 unspecified atom stereocenters. The van der Waals surface area contributed by atoms with Crippen molar-refractivity contribution in [3.05, 3.63) is 57.7 Å². The first-order valence-electron chi connectivity index (χ1n) is 26.1. The first-order valence-corrected chi connectivity index (χ1v) is 30.4. The van der Waals surface area contributed by atoms with Crippen molar-refractivity contribution in [2.45, 2.75) is 135 Å². The van der Waals surface area contributed by atoms with Gasteiger partial charge in [0.2, 0.25) is 0 Å². The number of nitrogens with one attached hydrogen (secondary N) is 2. The first kappa shape index (κ1) is 54.1. The molecule has 5 aliphatic rings. The molecule has 1 aromatic carbocycles. The van der Waals surface area contributed by atoms with Gasteiger partial charge in [-0.1, -0.05) is 0 Å². The predicted octanol–water partition coefficient (Wildman–Crippen LogP) is 10.1. The van der Waals surface area contributed by atoms with Crippen LogP contribution in [0.1, 0.15) is 119 Å². The summed E-state index contributed by atoms with van der Waals surface area (Å²) in [6.07, 6.45) is 2.21. The normalized spacial score (nSPS) is 26.8. The van der Waals surface area contributed by atoms with Gasteiger partial charge in [0.15, 0.2) is 0 Å². The number of fused-ring (bicyclic) bond motifs is 7. The second-order valence-electron chi connectivity index (χ2n) is 22.0. The van der Waals surface area contributed by atoms with Crippen LogP contribution < -0.4 is 8.96 Å². The summed E-state index contributed by atoms with van der Waals surface area (Å²) >= 11 is -2.48. The van der Waals surface area contributed by atoms with E-state index in [1.807, 2.05) is 45.3 Å². The van der Waals surface area contributed by atoms with E-state index in [9.17, 15) is 23.2 Å². The zero-order chi connectivity index (χ0) is 51.9. The number of aromatic nitrogens is 3. The van der Waals surface area contributed by atoms with Crippen molar-refractivity contribution in [3.63, 3.8) is 0 Å². The van der Waals surface area contributed by atoms with Gasteiger partial charge in [0, 0.05) is 25.9 Å². The Kier molecular flexibility index (Phi) is 17.0. The van der Waals surface area contributed by atoms with Crippen molar-refractivity contribution in [3.8, 4) is 22.5 Å². The number of ether oxygens (including phenoxy) is 5. The van der Waals surface area contributed by atoms with Gasteiger partial charge in [-0.05, 0) is 46.1 Å². The van der Waals surface area contributed by atoms with Crippen LogP contribution in [0.2, 0.25) is 0 Å². The van der Waals surface area contributed by atoms with E-state index in [2.05, 4.69) is 64.3 Å². The number of amides is 2. The summed E-state index contributed by atoms with van der Waals surface area (Å²) in [4.78, 5) is 56.2. The van der Waals surface area contributed by atoms with Crippen LogP contribution in [0.15, 0.2) is 35.8 Å². The van der Waals surface area contributed by atoms with Gasteiger partial charge in [-0.25, -0.2) is 0 Å². The number of morpholine rings is 1. The third kappa shape index (κ3) is 11.8. The molecule has 3 aromatic heterocycles. The van der Waals surface area contributed by atoms with Gasteiger partial charge < -0.3 is 9.47 Å². The number of benzene rings is 1. The third-order valence-electron chi connectivity index (χ3n) is 15.4. The number of hydrogen-bond acceptors (Lipinski definition) is 13. The van der Waals surface area contributed by atoms with Crippen LogP contribution in [0.5, 0.6) is 0 Å². The number of hydrazine groups is 1. The number of piperidine rings is 1. The van der Waals surface area contributed by atoms with E-state index in [1.165, 1.54) is 21.9 Å². The molecule has 2 N–H and O–H groups in total. The molecular formula is C54H74F2IN7O8S. The Morgan fingerprint density at radius 3 is 2.64 bits per heavy atom. The third-order valence-corrected chi connectivity index (χ3v) is 21.5. The van der Waals surface area contributed by atoms with Crippen LogP contribution in [-0.2, 0) is 46.2 Å². The quantitative estimate of drug-likeness (QED) is 0.0308. The molecule has 73 heavy (non-hydrogen) atoms. The Hall–Kier alpha value is -3.70. The van der Waals surface area contributed by atoms with Gasteiger partial charge in [-0.15, -0.1) is 0 Å². The molecule has 2 amide bonds. The minimum absolute atomic E-state index is 0.00342. The second kappa shape index (κ2) is 22.9. The molecule has 19 heteroatoms. The summed E-state index contributed by atoms with van der Waals surface area (Å²) in [5.41, 5.74) is 9.82. The number of pyridine rings is 1. The van der Waals surface area contributed by atoms with Gasteiger partial charge in [-0.3, -0.25) is 4.90 Å². The van der Waals surface area contributed by atoms with E-state index in [0.29, 0.717) is 49.2 Å². The van der Waals surface area contributed by atoms with Gasteiger partial charge in [0.05, 0.1) is 19.3 Å². The SMILES string of the molecule is CO[C@@H](C)c1ncc([C@@H]2CCN3CCOCC3C2)cc1-c1c2c3cc(ccc3n1CCOC(C)C)-c1csc(n1)[C@@H](OCC(F)F)I(NC(=O)[C@@H]1[C@H](C)[C@@H]1C(C)C)C(=O)N1CCC[C@H](N1)C(=O)OCC(C)(C)C2. The molecule has 9 rings (SSSR count). The van der Waals surface area contributed by atoms with Crippen LogP contribution in [0.4, 0.5) is 13.6 Å². The summed E-state index contributed by atoms with van der Waals surface area (Å²) in [5, 5.41) is 4.54. The zero-order valence-corrected chi connectivity index (χ0v) is 46.7. The molecule has 4 aliphatic heterocycles. The van der Waals surface area contributed by atoms with Crippen molar-refractivity contribution in [2.75, 3.05) is 59.8 Å². The Morgan fingerprint density at radius 1 is 1.10 bits per heavy atom. The van der Waals surface area contributed by atoms with Crippen molar-refractivity contribution in [2.24, 2.45) is 29.1 Å². The van der Waals surface area contributed by atoms with Crippen LogP contribution in [0, 0.1) is 29.1 Å². The fraction of sp³-hybridized carbons (Fsp3) is 0.648. The maximum atomic E-state index is 14.9. The molecule has 1 saturated carbocycles. The molecule has 3 saturated heterocycles. The molecule has 8 atom stereocenters. The molecule has 0 radical (unpaired) electrons. The molecule has 4 aromatic rings. The van der Waals surface area contributed by atoms with Crippen molar-refractivity contribution < 1.29 is 46.8 Å². The van der Waals surface area contributed by atoms with Crippen molar-refractivity contribution in [1.29, 1.82) is 0 Å². The number of rotatable bonds is 14. The van der Waals surface area contributed by atoms with Gasteiger partial charge >= 0.3 is 337 Å². The monoisotopic (exact) mass is 1150 g/mol. The van der Waals surface area contributed by atoms with E-state index in [1.54, 1.807) is 7.11 Å². The number of methoxy groups -OCH3 is 1. The van der Waals surface area contributed by atoms with E-state index < -0.39 is 58.6 Å². The van der Waals surface area contributed by atoms with Gasteiger partial charge in [0.25, 0.3) is 0 Å². The number of carbonyl (C=O) groups is 3. The second-order valence-corrected chi connectivity index (χ2v) is 27.2. The van der Waals surface area contributed by atoms with Crippen LogP contribution >= 0.6 is 31.4 Å². The van der Waals surface area contributed by atoms with Crippen molar-refractivity contribution in [1.82, 2.24) is 33.4 Å². The number of nitrogens with zero attached hydrogens (tertiary/aromatic N) is 5. The Balaban J connectivity index is 1.21. The van der Waals surface area contributed by atoms with E-state index in [-0.39, 0.29) is 60.9 Å². The average Bonchev–Trinajstić information content (AvgIpc) is 3.67. The Labute approximate surface area is 439 Å². The summed E-state index contributed by atoms with van der Waals surface area (Å²) in [6, 6.07) is 8.06. The molecule has 0 spiro atoms. The molecular weight excluding hydrogens is 1070 g/mol. The molecule has 4 fully saturated rings. The van der Waals surface area contributed by atoms with E-state index in [4.69, 9.17) is 33.7 Å². The minimum atomic E-state index is -3.70. The molecule has 1 aliphatic carbocycles. The molecule has 400 valence electrons. The number of carbonyl (C=O) groups excluding carboxylic acids is 3. The van der Waals surface area contributed by atoms with Crippen molar-refractivity contribution >= 4 is 58.1 Å². The summed E-state index contributed by atoms with van der Waals surface area (Å²) in [5.74, 6) is -0.380. The Bertz CT molecular complexity index is 2630. The van der Waals surface area contributed by atoms with Crippen LogP contribution in [0.3, 0.4) is 0 Å². The predicted molar refractivity (Wildman–Crippen MR) is 285 cm³/mol. The number of hydrogen-bond donors (Lipinski definition) is 2. The number of thiazole rings is 1. The summed E-state index contributed by atoms with van der Waals surface area (Å²) in [6.45, 7) is 20.2. The fourth-order valence-electron chi connectivity index (χ4n) is 11.6. The van der Waals surface area contributed by atoms with Crippen LogP contribution in [0.25, 0.3) is 33.4 Å². The first-order chi connectivity index (χ1) is 34.9. The number of alkyl halides is 3. The fourth-order valence-corrected chi connectivity index (χ4v) is 17.5. The summed E-state index contributed by atoms with van der Waals surface area (Å²) < 4.78 is 62.7. The molecule has 15 nitrogen and oxygen atoms in total. The van der Waals surface area contributed by atoms with Gasteiger partial charge in [0.1, 0.15) is 0 Å². The number of cyclic esters (lactones) is 1. The standard InChI is InChI=1S/C54H74F2IN7O8S/c1-30(2)45-32(5)46(45)50(65)60-57-49(71-27-44(55)56)51-59-42(28-73-51)35-12-13-43-38(22-35)40(24-54(7,8)29-72-52(66)41-11-10-15-64(61-41)53(57)67)48(63(43)18-20-70-31(3)4)39-23-36(25-58-47(39)33(6)68-9)34-14-16-62-17-19-69-26-37(62)21-34/h12-13,22-23,25,28,30-34,37,41,44-46,49,61H,10-11,14-21,24,26-27,29H2,1-9H3,(H,60,65)/t32-,33+,34-,37?,41+,45+,46-,49-/m1/s1. The zero-order valence-electron chi connectivity index (χ0n) is 43.8. The summed E-state index contributed by atoms with van der Waals surface area (Å²) in [7, 11) is 1.70. The molecule has 6 bridgehead atoms.